The maximum Gasteiger partial charge on any atom is 0.223 e. The van der Waals surface area contributed by atoms with Crippen LogP contribution in [0.2, 0.25) is 0 Å². The van der Waals surface area contributed by atoms with Crippen molar-refractivity contribution < 1.29 is 4.79 Å². The fourth-order valence-corrected chi connectivity index (χ4v) is 3.96. The van der Waals surface area contributed by atoms with Crippen LogP contribution in [0.3, 0.4) is 0 Å². The summed E-state index contributed by atoms with van der Waals surface area (Å²) in [4.78, 5) is 14.9. The van der Waals surface area contributed by atoms with Crippen LogP contribution >= 0.6 is 0 Å². The Balaban J connectivity index is 1.25. The molecule has 28 heavy (non-hydrogen) atoms. The molecule has 0 unspecified atom stereocenters. The van der Waals surface area contributed by atoms with Crippen LogP contribution in [0.4, 0.5) is 0 Å². The van der Waals surface area contributed by atoms with Gasteiger partial charge < -0.3 is 4.90 Å². The molecule has 0 bridgehead atoms. The van der Waals surface area contributed by atoms with Gasteiger partial charge in [-0.3, -0.25) is 4.79 Å². The summed E-state index contributed by atoms with van der Waals surface area (Å²) < 4.78 is 1.95. The average Bonchev–Trinajstić information content (AvgIpc) is 3.45. The molecule has 0 atom stereocenters. The predicted molar refractivity (Wildman–Crippen MR) is 107 cm³/mol. The summed E-state index contributed by atoms with van der Waals surface area (Å²) in [7, 11) is 0. The van der Waals surface area contributed by atoms with Crippen LogP contribution in [0, 0.1) is 0 Å². The quantitative estimate of drug-likeness (QED) is 0.662. The van der Waals surface area contributed by atoms with Crippen LogP contribution in [0.1, 0.15) is 54.0 Å². The Labute approximate surface area is 165 Å². The second kappa shape index (κ2) is 7.23. The van der Waals surface area contributed by atoms with Crippen LogP contribution in [0.5, 0.6) is 0 Å². The first-order valence-corrected chi connectivity index (χ1v) is 10.1. The number of carbonyl (C=O) groups is 1. The van der Waals surface area contributed by atoms with Crippen molar-refractivity contribution in [1.29, 1.82) is 0 Å². The van der Waals surface area contributed by atoms with Gasteiger partial charge in [-0.25, -0.2) is 4.68 Å². The van der Waals surface area contributed by atoms with E-state index in [0.717, 1.165) is 18.8 Å². The predicted octanol–water partition coefficient (Wildman–Crippen LogP) is 3.76. The molecule has 2 aromatic carbocycles. The van der Waals surface area contributed by atoms with Gasteiger partial charge in [0, 0.05) is 37.5 Å². The number of carbonyl (C=O) groups excluding carboxylic acids is 1. The van der Waals surface area contributed by atoms with Crippen LogP contribution < -0.4 is 0 Å². The molecule has 3 aromatic rings. The summed E-state index contributed by atoms with van der Waals surface area (Å²) in [6.07, 6.45) is 5.02. The minimum absolute atomic E-state index is 0.0850. The van der Waals surface area contributed by atoms with Gasteiger partial charge in [0.25, 0.3) is 0 Å². The highest BCUT2D eigenvalue weighted by atomic mass is 16.2. The molecule has 2 heterocycles. The summed E-state index contributed by atoms with van der Waals surface area (Å²) in [5.41, 5.74) is 3.48. The van der Waals surface area contributed by atoms with E-state index in [1.165, 1.54) is 24.0 Å². The molecule has 1 aromatic heterocycles. The Bertz CT molecular complexity index is 904. The second-order valence-corrected chi connectivity index (χ2v) is 7.93. The average molecular weight is 372 g/mol. The third-order valence-corrected chi connectivity index (χ3v) is 5.90. The Kier molecular flexibility index (Phi) is 4.43. The Morgan fingerprint density at radius 1 is 0.964 bits per heavy atom. The zero-order valence-corrected chi connectivity index (χ0v) is 15.8. The topological polar surface area (TPSA) is 51.0 Å². The first kappa shape index (κ1) is 17.2. The number of likely N-dealkylation sites (tertiary alicyclic amines) is 1. The molecule has 1 aliphatic heterocycles. The molecule has 1 amide bonds. The van der Waals surface area contributed by atoms with Crippen LogP contribution in [-0.4, -0.2) is 38.9 Å². The Morgan fingerprint density at radius 2 is 1.57 bits per heavy atom. The molecular formula is C23H24N4O. The molecule has 5 heteroatoms. The van der Waals surface area contributed by atoms with Gasteiger partial charge in [-0.2, -0.15) is 0 Å². The summed E-state index contributed by atoms with van der Waals surface area (Å²) in [6.45, 7) is 1.45. The lowest BCUT2D eigenvalue weighted by atomic mass is 9.87. The Hall–Kier alpha value is -2.95. The van der Waals surface area contributed by atoms with E-state index >= 15 is 0 Å². The summed E-state index contributed by atoms with van der Waals surface area (Å²) in [6, 6.07) is 20.9. The molecule has 5 nitrogen and oxygen atoms in total. The lowest BCUT2D eigenvalue weighted by Gasteiger charge is -2.39. The fourth-order valence-electron chi connectivity index (χ4n) is 3.96. The third kappa shape index (κ3) is 3.44. The standard InChI is InChI=1S/C23H24N4O/c28-23(26-14-20(15-26)27-16-22(24-25-27)19-11-12-19)13-21(17-7-3-1-4-8-17)18-9-5-2-6-10-18/h1-10,16,19-21H,11-15H2. The van der Waals surface area contributed by atoms with Gasteiger partial charge >= 0.3 is 0 Å². The van der Waals surface area contributed by atoms with Crippen molar-refractivity contribution in [2.24, 2.45) is 0 Å². The molecule has 0 spiro atoms. The second-order valence-electron chi connectivity index (χ2n) is 7.93. The summed E-state index contributed by atoms with van der Waals surface area (Å²) in [5, 5.41) is 8.57. The summed E-state index contributed by atoms with van der Waals surface area (Å²) in [5.74, 6) is 0.905. The van der Waals surface area contributed by atoms with Crippen molar-refractivity contribution >= 4 is 5.91 Å². The van der Waals surface area contributed by atoms with E-state index in [1.54, 1.807) is 0 Å². The zero-order valence-electron chi connectivity index (χ0n) is 15.8. The van der Waals surface area contributed by atoms with Gasteiger partial charge in [-0.1, -0.05) is 65.9 Å². The van der Waals surface area contributed by atoms with Crippen molar-refractivity contribution in [3.63, 3.8) is 0 Å². The number of aromatic nitrogens is 3. The molecule has 1 saturated heterocycles. The van der Waals surface area contributed by atoms with Crippen molar-refractivity contribution in [2.45, 2.75) is 37.1 Å². The SMILES string of the molecule is O=C(CC(c1ccccc1)c1ccccc1)N1CC(n2cc(C3CC3)nn2)C1. The first-order valence-electron chi connectivity index (χ1n) is 10.1. The van der Waals surface area contributed by atoms with Gasteiger partial charge in [-0.15, -0.1) is 5.10 Å². The van der Waals surface area contributed by atoms with E-state index < -0.39 is 0 Å². The number of rotatable bonds is 6. The molecule has 1 aliphatic carbocycles. The molecule has 0 radical (unpaired) electrons. The van der Waals surface area contributed by atoms with E-state index in [1.807, 2.05) is 46.0 Å². The van der Waals surface area contributed by atoms with Crippen LogP contribution in [0.15, 0.2) is 66.9 Å². The number of benzene rings is 2. The van der Waals surface area contributed by atoms with Gasteiger partial charge in [0.05, 0.1) is 11.7 Å². The third-order valence-electron chi connectivity index (χ3n) is 5.90. The Morgan fingerprint density at radius 3 is 2.14 bits per heavy atom. The van der Waals surface area contributed by atoms with Crippen molar-refractivity contribution in [3.05, 3.63) is 83.7 Å². The molecular weight excluding hydrogens is 348 g/mol. The number of hydrogen-bond donors (Lipinski definition) is 0. The van der Waals surface area contributed by atoms with E-state index in [-0.39, 0.29) is 17.9 Å². The smallest absolute Gasteiger partial charge is 0.223 e. The lowest BCUT2D eigenvalue weighted by molar-refractivity contribution is -0.137. The minimum Gasteiger partial charge on any atom is -0.338 e. The van der Waals surface area contributed by atoms with Gasteiger partial charge in [0.15, 0.2) is 0 Å². The minimum atomic E-state index is 0.0850. The highest BCUT2D eigenvalue weighted by molar-refractivity contribution is 5.78. The first-order chi connectivity index (χ1) is 13.8. The molecule has 5 rings (SSSR count). The van der Waals surface area contributed by atoms with Crippen molar-refractivity contribution in [1.82, 2.24) is 19.9 Å². The fraction of sp³-hybridized carbons (Fsp3) is 0.348. The van der Waals surface area contributed by atoms with E-state index in [2.05, 4.69) is 40.8 Å². The monoisotopic (exact) mass is 372 g/mol. The maximum atomic E-state index is 13.0. The van der Waals surface area contributed by atoms with Crippen molar-refractivity contribution in [2.75, 3.05) is 13.1 Å². The van der Waals surface area contributed by atoms with E-state index in [9.17, 15) is 4.79 Å². The molecule has 1 saturated carbocycles. The van der Waals surface area contributed by atoms with Crippen LogP contribution in [-0.2, 0) is 4.79 Å². The van der Waals surface area contributed by atoms with E-state index in [4.69, 9.17) is 0 Å². The van der Waals surface area contributed by atoms with Crippen LogP contribution in [0.25, 0.3) is 0 Å². The molecule has 0 N–H and O–H groups in total. The number of amides is 1. The van der Waals surface area contributed by atoms with Crippen molar-refractivity contribution in [3.8, 4) is 0 Å². The molecule has 142 valence electrons. The molecule has 2 fully saturated rings. The van der Waals surface area contributed by atoms with E-state index in [0.29, 0.717) is 12.3 Å². The number of nitrogens with zero attached hydrogens (tertiary/aromatic N) is 4. The normalized spacial score (nSPS) is 17.0. The molecule has 2 aliphatic rings. The largest absolute Gasteiger partial charge is 0.338 e. The van der Waals surface area contributed by atoms with Gasteiger partial charge in [-0.05, 0) is 24.0 Å². The lowest BCUT2D eigenvalue weighted by Crippen LogP contribution is -2.51. The highest BCUT2D eigenvalue weighted by Crippen LogP contribution is 2.39. The summed E-state index contributed by atoms with van der Waals surface area (Å²) >= 11 is 0. The highest BCUT2D eigenvalue weighted by Gasteiger charge is 2.35. The zero-order chi connectivity index (χ0) is 18.9. The number of hydrogen-bond acceptors (Lipinski definition) is 3. The van der Waals surface area contributed by atoms with Gasteiger partial charge in [0.1, 0.15) is 0 Å². The maximum absolute atomic E-state index is 13.0. The van der Waals surface area contributed by atoms with Gasteiger partial charge in [0.2, 0.25) is 5.91 Å².